The Balaban J connectivity index is 1.36. The number of rotatable bonds is 8. The van der Waals surface area contributed by atoms with Gasteiger partial charge in [-0.2, -0.15) is 11.8 Å². The zero-order valence-corrected chi connectivity index (χ0v) is 20.9. The largest absolute Gasteiger partial charge is 0.481 e. The number of nitrogens with one attached hydrogen (secondary N) is 1. The molecule has 0 spiro atoms. The number of hydrogen-bond acceptors (Lipinski definition) is 5. The summed E-state index contributed by atoms with van der Waals surface area (Å²) in [5.41, 5.74) is 4.62. The van der Waals surface area contributed by atoms with Crippen molar-refractivity contribution >= 4 is 29.7 Å². The van der Waals surface area contributed by atoms with E-state index in [1.807, 2.05) is 38.1 Å². The van der Waals surface area contributed by atoms with E-state index in [0.717, 1.165) is 28.0 Å². The first kappa shape index (κ1) is 25.1. The highest BCUT2D eigenvalue weighted by atomic mass is 32.2. The Labute approximate surface area is 210 Å². The fourth-order valence-electron chi connectivity index (χ4n) is 4.98. The highest BCUT2D eigenvalue weighted by molar-refractivity contribution is 7.99. The molecule has 4 rings (SSSR count). The Bertz CT molecular complexity index is 1040. The molecule has 2 aliphatic rings. The van der Waals surface area contributed by atoms with E-state index in [-0.39, 0.29) is 43.4 Å². The van der Waals surface area contributed by atoms with Gasteiger partial charge in [-0.3, -0.25) is 9.59 Å². The molecule has 0 saturated carbocycles. The smallest absolute Gasteiger partial charge is 0.407 e. The molecular formula is C27H32N2O5S. The molecule has 0 bridgehead atoms. The maximum absolute atomic E-state index is 13.3. The van der Waals surface area contributed by atoms with Gasteiger partial charge in [0.25, 0.3) is 0 Å². The number of carbonyl (C=O) groups is 3. The van der Waals surface area contributed by atoms with Gasteiger partial charge in [0.15, 0.2) is 0 Å². The van der Waals surface area contributed by atoms with Crippen LogP contribution in [-0.4, -0.2) is 65.2 Å². The first-order valence-corrected chi connectivity index (χ1v) is 13.2. The quantitative estimate of drug-likeness (QED) is 0.568. The fraction of sp³-hybridized carbons (Fsp3) is 0.444. The lowest BCUT2D eigenvalue weighted by molar-refractivity contribution is -0.142. The number of alkyl carbamates (subject to hydrolysis) is 1. The zero-order chi connectivity index (χ0) is 24.9. The number of carboxylic acids is 1. The summed E-state index contributed by atoms with van der Waals surface area (Å²) < 4.78 is 5.61. The van der Waals surface area contributed by atoms with Crippen molar-refractivity contribution in [3.8, 4) is 11.1 Å². The molecular weight excluding hydrogens is 464 g/mol. The molecule has 1 heterocycles. The molecule has 2 aromatic rings. The number of fused-ring (bicyclic) bond motifs is 3. The molecule has 1 saturated heterocycles. The van der Waals surface area contributed by atoms with Gasteiger partial charge in [0, 0.05) is 30.5 Å². The van der Waals surface area contributed by atoms with Crippen molar-refractivity contribution in [1.82, 2.24) is 10.2 Å². The molecule has 35 heavy (non-hydrogen) atoms. The van der Waals surface area contributed by atoms with Gasteiger partial charge in [-0.25, -0.2) is 4.79 Å². The minimum Gasteiger partial charge on any atom is -0.481 e. The summed E-state index contributed by atoms with van der Waals surface area (Å²) in [4.78, 5) is 38.9. The predicted molar refractivity (Wildman–Crippen MR) is 136 cm³/mol. The molecule has 186 valence electrons. The van der Waals surface area contributed by atoms with Crippen LogP contribution in [-0.2, 0) is 14.3 Å². The number of amides is 2. The number of carboxylic acid groups (broad SMARTS) is 1. The SMILES string of the molecule is CC(C)C(CNC(=O)OCC1c2ccccc2-c2ccccc21)C(=O)N1CCSCC1CC(=O)O. The van der Waals surface area contributed by atoms with Crippen LogP contribution in [0.3, 0.4) is 0 Å². The molecule has 2 N–H and O–H groups in total. The monoisotopic (exact) mass is 496 g/mol. The van der Waals surface area contributed by atoms with E-state index in [9.17, 15) is 19.5 Å². The van der Waals surface area contributed by atoms with E-state index < -0.39 is 18.0 Å². The number of nitrogens with zero attached hydrogens (tertiary/aromatic N) is 1. The Hall–Kier alpha value is -3.00. The fourth-order valence-corrected chi connectivity index (χ4v) is 6.04. The second kappa shape index (κ2) is 11.2. The van der Waals surface area contributed by atoms with Crippen molar-refractivity contribution in [2.24, 2.45) is 11.8 Å². The molecule has 7 nitrogen and oxygen atoms in total. The molecule has 8 heteroatoms. The third kappa shape index (κ3) is 5.64. The Morgan fingerprint density at radius 2 is 1.71 bits per heavy atom. The van der Waals surface area contributed by atoms with Crippen molar-refractivity contribution < 1.29 is 24.2 Å². The zero-order valence-electron chi connectivity index (χ0n) is 20.1. The summed E-state index contributed by atoms with van der Waals surface area (Å²) in [5.74, 6) is -0.113. The van der Waals surface area contributed by atoms with E-state index in [1.54, 1.807) is 16.7 Å². The standard InChI is InChI=1S/C27H32N2O5S/c1-17(2)23(26(32)29-11-12-35-16-18(29)13-25(30)31)14-28-27(33)34-15-24-21-9-5-3-7-19(21)20-8-4-6-10-22(20)24/h3-10,17-18,23-24H,11-16H2,1-2H3,(H,28,33)(H,30,31). The van der Waals surface area contributed by atoms with Gasteiger partial charge < -0.3 is 20.1 Å². The van der Waals surface area contributed by atoms with E-state index >= 15 is 0 Å². The van der Waals surface area contributed by atoms with Crippen molar-refractivity contribution in [2.45, 2.75) is 32.2 Å². The normalized spacial score (nSPS) is 18.0. The highest BCUT2D eigenvalue weighted by Crippen LogP contribution is 2.44. The van der Waals surface area contributed by atoms with Crippen LogP contribution >= 0.6 is 11.8 Å². The minimum absolute atomic E-state index is 0.0172. The Morgan fingerprint density at radius 3 is 2.31 bits per heavy atom. The number of benzene rings is 2. The highest BCUT2D eigenvalue weighted by Gasteiger charge is 2.35. The van der Waals surface area contributed by atoms with E-state index in [4.69, 9.17) is 4.74 Å². The van der Waals surface area contributed by atoms with Crippen molar-refractivity contribution in [1.29, 1.82) is 0 Å². The number of aliphatic carboxylic acids is 1. The van der Waals surface area contributed by atoms with Gasteiger partial charge in [0.1, 0.15) is 6.61 Å². The average Bonchev–Trinajstić information content (AvgIpc) is 3.16. The van der Waals surface area contributed by atoms with Crippen LogP contribution in [0.1, 0.15) is 37.3 Å². The van der Waals surface area contributed by atoms with E-state index in [2.05, 4.69) is 29.6 Å². The van der Waals surface area contributed by atoms with E-state index in [1.165, 1.54) is 0 Å². The summed E-state index contributed by atoms with van der Waals surface area (Å²) in [6.07, 6.45) is -0.620. The summed E-state index contributed by atoms with van der Waals surface area (Å²) in [7, 11) is 0. The summed E-state index contributed by atoms with van der Waals surface area (Å²) in [5, 5.41) is 12.0. The molecule has 2 aromatic carbocycles. The molecule has 2 amide bonds. The lowest BCUT2D eigenvalue weighted by atomic mass is 9.93. The average molecular weight is 497 g/mol. The molecule has 0 radical (unpaired) electrons. The summed E-state index contributed by atoms with van der Waals surface area (Å²) in [6.45, 7) is 4.76. The van der Waals surface area contributed by atoms with Crippen molar-refractivity contribution in [3.05, 3.63) is 59.7 Å². The van der Waals surface area contributed by atoms with Crippen LogP contribution in [0.4, 0.5) is 4.79 Å². The molecule has 1 fully saturated rings. The Kier molecular flexibility index (Phi) is 8.00. The molecule has 1 aliphatic carbocycles. The molecule has 2 atom stereocenters. The molecule has 1 aliphatic heterocycles. The third-order valence-corrected chi connectivity index (χ3v) is 7.94. The number of thioether (sulfide) groups is 1. The van der Waals surface area contributed by atoms with Crippen LogP contribution in [0.5, 0.6) is 0 Å². The second-order valence-electron chi connectivity index (χ2n) is 9.42. The maximum Gasteiger partial charge on any atom is 0.407 e. The van der Waals surface area contributed by atoms with Crippen LogP contribution < -0.4 is 5.32 Å². The first-order valence-electron chi connectivity index (χ1n) is 12.1. The minimum atomic E-state index is -0.909. The van der Waals surface area contributed by atoms with Crippen LogP contribution in [0.2, 0.25) is 0 Å². The van der Waals surface area contributed by atoms with Gasteiger partial charge in [-0.05, 0) is 28.2 Å². The topological polar surface area (TPSA) is 95.9 Å². The number of hydrogen-bond donors (Lipinski definition) is 2. The summed E-state index contributed by atoms with van der Waals surface area (Å²) >= 11 is 1.67. The summed E-state index contributed by atoms with van der Waals surface area (Å²) in [6, 6.07) is 16.0. The predicted octanol–water partition coefficient (Wildman–Crippen LogP) is 4.22. The lowest BCUT2D eigenvalue weighted by Crippen LogP contribution is -2.52. The van der Waals surface area contributed by atoms with Gasteiger partial charge in [-0.15, -0.1) is 0 Å². The van der Waals surface area contributed by atoms with Gasteiger partial charge in [0.2, 0.25) is 5.91 Å². The maximum atomic E-state index is 13.3. The van der Waals surface area contributed by atoms with Crippen molar-refractivity contribution in [2.75, 3.05) is 31.2 Å². The third-order valence-electron chi connectivity index (χ3n) is 6.85. The number of carbonyl (C=O) groups excluding carboxylic acids is 2. The van der Waals surface area contributed by atoms with Gasteiger partial charge in [0.05, 0.1) is 18.4 Å². The second-order valence-corrected chi connectivity index (χ2v) is 10.6. The van der Waals surface area contributed by atoms with Crippen LogP contribution in [0, 0.1) is 11.8 Å². The van der Waals surface area contributed by atoms with Crippen molar-refractivity contribution in [3.63, 3.8) is 0 Å². The van der Waals surface area contributed by atoms with Crippen LogP contribution in [0.15, 0.2) is 48.5 Å². The lowest BCUT2D eigenvalue weighted by Gasteiger charge is -2.37. The number of ether oxygens (including phenoxy) is 1. The Morgan fingerprint density at radius 1 is 1.09 bits per heavy atom. The van der Waals surface area contributed by atoms with Crippen LogP contribution in [0.25, 0.3) is 11.1 Å². The van der Waals surface area contributed by atoms with E-state index in [0.29, 0.717) is 12.3 Å². The molecule has 0 aromatic heterocycles. The first-order chi connectivity index (χ1) is 16.9. The molecule has 2 unspecified atom stereocenters. The van der Waals surface area contributed by atoms with Gasteiger partial charge in [-0.1, -0.05) is 62.4 Å². The van der Waals surface area contributed by atoms with Gasteiger partial charge >= 0.3 is 12.1 Å².